The van der Waals surface area contributed by atoms with Gasteiger partial charge in [-0.3, -0.25) is 9.59 Å². The molecule has 2 aliphatic rings. The first-order valence-corrected chi connectivity index (χ1v) is 18.1. The van der Waals surface area contributed by atoms with Gasteiger partial charge in [-0.2, -0.15) is 0 Å². The Hall–Kier alpha value is -4.26. The molecule has 2 aliphatic heterocycles. The second-order valence-corrected chi connectivity index (χ2v) is 11.6. The van der Waals surface area contributed by atoms with Crippen LogP contribution >= 0.6 is 0 Å². The van der Waals surface area contributed by atoms with Crippen LogP contribution in [0.25, 0.3) is 0 Å². The van der Waals surface area contributed by atoms with E-state index in [1.165, 1.54) is 0 Å². The molecule has 0 aromatic rings. The molecular weight excluding hydrogens is 624 g/mol. The molecule has 0 aromatic heterocycles. The first-order valence-electron chi connectivity index (χ1n) is 18.1. The fourth-order valence-corrected chi connectivity index (χ4v) is 4.42. The van der Waals surface area contributed by atoms with Crippen molar-refractivity contribution in [2.45, 2.75) is 115 Å². The van der Waals surface area contributed by atoms with Gasteiger partial charge in [-0.1, -0.05) is 148 Å². The molecule has 50 heavy (non-hydrogen) atoms. The van der Waals surface area contributed by atoms with E-state index in [1.54, 1.807) is 12.2 Å². The van der Waals surface area contributed by atoms with E-state index in [1.807, 2.05) is 72.9 Å². The minimum Gasteiger partial charge on any atom is -0.458 e. The number of aliphatic hydroxyl groups is 2. The molecule has 2 saturated heterocycles. The fraction of sp³-hybridized carbons (Fsp3) is 0.409. The van der Waals surface area contributed by atoms with Gasteiger partial charge >= 0.3 is 11.9 Å². The topological polar surface area (TPSA) is 93.1 Å². The number of allylic oxidation sites excluding steroid dienone is 18. The summed E-state index contributed by atoms with van der Waals surface area (Å²) in [7, 11) is 0. The Morgan fingerprint density at radius 3 is 1.20 bits per heavy atom. The van der Waals surface area contributed by atoms with Gasteiger partial charge in [0.1, 0.15) is 12.2 Å². The van der Waals surface area contributed by atoms with Gasteiger partial charge in [0.05, 0.1) is 12.2 Å². The van der Waals surface area contributed by atoms with E-state index in [2.05, 4.69) is 74.6 Å². The first-order chi connectivity index (χ1) is 24.4. The van der Waals surface area contributed by atoms with Gasteiger partial charge in [0.2, 0.25) is 0 Å². The largest absolute Gasteiger partial charge is 0.458 e. The van der Waals surface area contributed by atoms with Crippen LogP contribution in [0.1, 0.15) is 90.9 Å². The molecule has 0 bridgehead atoms. The Bertz CT molecular complexity index is 1170. The number of aliphatic hydroxyl groups excluding tert-OH is 2. The standard InChI is InChI=1S/2C22H30O3/c2*1-2-3-12-15-20(23)16-13-10-8-6-4-5-7-9-11-14-17-21-18-19-22(24)25-21/h2*3-5,8-14,16-17,20-21,23H,2,6-7,15,18-19H2,1H3/b2*5-4-,10-8-,11-9-,12-3-,16-13+,17-14+/t20-,21?;20-,21+/m00/s1. The monoisotopic (exact) mass is 684 g/mol. The highest BCUT2D eigenvalue weighted by Crippen LogP contribution is 2.15. The predicted molar refractivity (Wildman–Crippen MR) is 208 cm³/mol. The van der Waals surface area contributed by atoms with Crippen LogP contribution in [0.4, 0.5) is 0 Å². The van der Waals surface area contributed by atoms with Crippen molar-refractivity contribution in [2.75, 3.05) is 0 Å². The van der Waals surface area contributed by atoms with Crippen molar-refractivity contribution in [2.24, 2.45) is 0 Å². The SMILES string of the molecule is CC/C=C\C[C@H](O)/C=C/C=C\C/C=C\C/C=C\C=C\C1CCC(=O)O1.CC/C=C\C[C@H](O)/C=C/C=C\C/C=C\C/C=C\C=C\[C@@H]1CCC(=O)O1. The molecule has 0 spiro atoms. The molecule has 6 nitrogen and oxygen atoms in total. The molecular formula is C44H60O6. The number of cyclic esters (lactones) is 2. The molecule has 4 atom stereocenters. The maximum Gasteiger partial charge on any atom is 0.306 e. The van der Waals surface area contributed by atoms with Crippen LogP contribution in [0, 0.1) is 0 Å². The van der Waals surface area contributed by atoms with E-state index in [-0.39, 0.29) is 24.1 Å². The summed E-state index contributed by atoms with van der Waals surface area (Å²) in [5.74, 6) is -0.209. The Kier molecular flexibility index (Phi) is 28.0. The average molecular weight is 685 g/mol. The van der Waals surface area contributed by atoms with Crippen LogP contribution in [0.2, 0.25) is 0 Å². The van der Waals surface area contributed by atoms with Crippen LogP contribution in [-0.2, 0) is 19.1 Å². The lowest BCUT2D eigenvalue weighted by molar-refractivity contribution is -0.140. The zero-order valence-electron chi connectivity index (χ0n) is 30.2. The maximum absolute atomic E-state index is 10.9. The van der Waals surface area contributed by atoms with Crippen molar-refractivity contribution in [1.82, 2.24) is 0 Å². The van der Waals surface area contributed by atoms with Crippen LogP contribution < -0.4 is 0 Å². The van der Waals surface area contributed by atoms with Gasteiger partial charge in [-0.15, -0.1) is 0 Å². The number of carbonyl (C=O) groups excluding carboxylic acids is 2. The molecule has 2 fully saturated rings. The van der Waals surface area contributed by atoms with Crippen LogP contribution in [-0.4, -0.2) is 46.6 Å². The van der Waals surface area contributed by atoms with E-state index < -0.39 is 12.2 Å². The maximum atomic E-state index is 10.9. The van der Waals surface area contributed by atoms with Gasteiger partial charge in [-0.25, -0.2) is 0 Å². The summed E-state index contributed by atoms with van der Waals surface area (Å²) in [4.78, 5) is 21.9. The minimum atomic E-state index is -0.408. The zero-order valence-corrected chi connectivity index (χ0v) is 30.2. The summed E-state index contributed by atoms with van der Waals surface area (Å²) in [5, 5.41) is 19.4. The minimum absolute atomic E-state index is 0.0490. The highest BCUT2D eigenvalue weighted by Gasteiger charge is 2.20. The molecule has 6 heteroatoms. The quantitative estimate of drug-likeness (QED) is 0.0670. The fourth-order valence-electron chi connectivity index (χ4n) is 4.42. The number of hydrogen-bond donors (Lipinski definition) is 2. The van der Waals surface area contributed by atoms with Gasteiger partial charge in [0.25, 0.3) is 0 Å². The lowest BCUT2D eigenvalue weighted by Gasteiger charge is -1.99. The molecule has 0 amide bonds. The molecule has 2 heterocycles. The predicted octanol–water partition coefficient (Wildman–Crippen LogP) is 9.94. The van der Waals surface area contributed by atoms with E-state index in [0.717, 1.165) is 51.4 Å². The van der Waals surface area contributed by atoms with Gasteiger partial charge in [0.15, 0.2) is 0 Å². The molecule has 0 aromatic carbocycles. The summed E-state index contributed by atoms with van der Waals surface area (Å²) >= 11 is 0. The van der Waals surface area contributed by atoms with Crippen molar-refractivity contribution in [1.29, 1.82) is 0 Å². The highest BCUT2D eigenvalue weighted by atomic mass is 16.6. The number of carbonyl (C=O) groups is 2. The second kappa shape index (κ2) is 32.0. The molecule has 2 N–H and O–H groups in total. The van der Waals surface area contributed by atoms with Crippen LogP contribution in [0.15, 0.2) is 146 Å². The van der Waals surface area contributed by atoms with Gasteiger partial charge < -0.3 is 19.7 Å². The third-order valence-electron chi connectivity index (χ3n) is 7.12. The Morgan fingerprint density at radius 2 is 0.880 bits per heavy atom. The summed E-state index contributed by atoms with van der Waals surface area (Å²) in [6.45, 7) is 4.16. The van der Waals surface area contributed by atoms with Crippen LogP contribution in [0.5, 0.6) is 0 Å². The molecule has 0 aliphatic carbocycles. The van der Waals surface area contributed by atoms with E-state index in [4.69, 9.17) is 9.47 Å². The zero-order chi connectivity index (χ0) is 36.3. The molecule has 0 saturated carbocycles. The van der Waals surface area contributed by atoms with Crippen molar-refractivity contribution in [3.05, 3.63) is 146 Å². The summed E-state index contributed by atoms with van der Waals surface area (Å²) in [5.41, 5.74) is 0. The van der Waals surface area contributed by atoms with Gasteiger partial charge in [-0.05, 0) is 76.4 Å². The van der Waals surface area contributed by atoms with Crippen molar-refractivity contribution in [3.8, 4) is 0 Å². The van der Waals surface area contributed by atoms with E-state index in [0.29, 0.717) is 25.7 Å². The number of rotatable bonds is 22. The number of hydrogen-bond acceptors (Lipinski definition) is 6. The Morgan fingerprint density at radius 1 is 0.520 bits per heavy atom. The van der Waals surface area contributed by atoms with Crippen molar-refractivity contribution < 1.29 is 29.3 Å². The molecule has 2 rings (SSSR count). The smallest absolute Gasteiger partial charge is 0.306 e. The van der Waals surface area contributed by atoms with E-state index in [9.17, 15) is 19.8 Å². The third kappa shape index (κ3) is 27.7. The lowest BCUT2D eigenvalue weighted by Crippen LogP contribution is -2.01. The highest BCUT2D eigenvalue weighted by molar-refractivity contribution is 5.72. The summed E-state index contributed by atoms with van der Waals surface area (Å²) in [6, 6.07) is 0. The number of esters is 2. The van der Waals surface area contributed by atoms with Crippen molar-refractivity contribution >= 4 is 11.9 Å². The van der Waals surface area contributed by atoms with Crippen LogP contribution in [0.3, 0.4) is 0 Å². The normalized spacial score (nSPS) is 20.4. The third-order valence-corrected chi connectivity index (χ3v) is 7.12. The van der Waals surface area contributed by atoms with Crippen molar-refractivity contribution in [3.63, 3.8) is 0 Å². The molecule has 0 radical (unpaired) electrons. The summed E-state index contributed by atoms with van der Waals surface area (Å²) in [6.07, 6.45) is 56.3. The second-order valence-electron chi connectivity index (χ2n) is 11.6. The van der Waals surface area contributed by atoms with Gasteiger partial charge in [0, 0.05) is 12.8 Å². The van der Waals surface area contributed by atoms with E-state index >= 15 is 0 Å². The Balaban J connectivity index is 0.000000500. The molecule has 272 valence electrons. The Labute approximate surface area is 301 Å². The number of ether oxygens (including phenoxy) is 2. The first kappa shape index (κ1) is 43.8. The average Bonchev–Trinajstić information content (AvgIpc) is 3.72. The summed E-state index contributed by atoms with van der Waals surface area (Å²) < 4.78 is 10.2. The molecule has 1 unspecified atom stereocenters. The lowest BCUT2D eigenvalue weighted by atomic mass is 10.2.